The first kappa shape index (κ1) is 35.2. The highest BCUT2D eigenvalue weighted by Crippen LogP contribution is 2.45. The Bertz CT molecular complexity index is 3450. The fourth-order valence-corrected chi connectivity index (χ4v) is 8.28. The topological polar surface area (TPSA) is 103 Å². The van der Waals surface area contributed by atoms with Gasteiger partial charge in [0.25, 0.3) is 0 Å². The summed E-state index contributed by atoms with van der Waals surface area (Å²) in [4.78, 5) is 13.0. The van der Waals surface area contributed by atoms with Gasteiger partial charge in [0.1, 0.15) is 0 Å². The van der Waals surface area contributed by atoms with Gasteiger partial charge < -0.3 is 9.13 Å². The summed E-state index contributed by atoms with van der Waals surface area (Å²) in [6.45, 7) is 16.5. The van der Waals surface area contributed by atoms with Crippen LogP contribution >= 0.6 is 0 Å². The normalized spacial score (nSPS) is 10.9. The van der Waals surface area contributed by atoms with Crippen LogP contribution in [0.1, 0.15) is 16.7 Å². The van der Waals surface area contributed by atoms with Crippen LogP contribution in [0.4, 0.5) is 11.4 Å². The Labute approximate surface area is 344 Å². The summed E-state index contributed by atoms with van der Waals surface area (Å²) in [6, 6.07) is 56.9. The van der Waals surface area contributed by atoms with Crippen molar-refractivity contribution in [3.05, 3.63) is 197 Å². The third kappa shape index (κ3) is 5.61. The lowest BCUT2D eigenvalue weighted by Crippen LogP contribution is -2.04. The van der Waals surface area contributed by atoms with E-state index in [1.165, 1.54) is 0 Å². The van der Waals surface area contributed by atoms with E-state index in [1.807, 2.05) is 133 Å². The molecule has 0 bridgehead atoms. The van der Waals surface area contributed by atoms with Gasteiger partial charge in [-0.2, -0.15) is 15.8 Å². The summed E-state index contributed by atoms with van der Waals surface area (Å²) in [5.41, 5.74) is 11.8. The highest BCUT2D eigenvalue weighted by atomic mass is 15.1. The monoisotopic (exact) mass is 762 g/mol. The summed E-state index contributed by atoms with van der Waals surface area (Å²) >= 11 is 0. The van der Waals surface area contributed by atoms with Crippen molar-refractivity contribution >= 4 is 55.0 Å². The minimum Gasteiger partial charge on any atom is -0.309 e. The second kappa shape index (κ2) is 14.0. The van der Waals surface area contributed by atoms with Crippen LogP contribution in [0.5, 0.6) is 0 Å². The maximum atomic E-state index is 9.98. The Kier molecular flexibility index (Phi) is 8.23. The van der Waals surface area contributed by atoms with E-state index < -0.39 is 0 Å². The van der Waals surface area contributed by atoms with Gasteiger partial charge in [-0.25, -0.2) is 14.7 Å². The standard InChI is InChI=1S/C52H26N8/c1-56-38-16-20-50-43(26-38)42-23-34(31-55)15-19-49(42)60(50)52-28-46(57-2)39(37-24-44(35-9-5-3-6-10-35)58-45(25-37)36-11-7-4-8-12-36)27-51(52)59-47-17-13-32(29-53)21-40(47)41-22-33(30-54)14-18-48(41)59/h3-28H. The van der Waals surface area contributed by atoms with E-state index in [0.29, 0.717) is 39.3 Å². The zero-order valence-corrected chi connectivity index (χ0v) is 31.6. The zero-order chi connectivity index (χ0) is 40.9. The van der Waals surface area contributed by atoms with Gasteiger partial charge >= 0.3 is 0 Å². The number of hydrogen-bond acceptors (Lipinski definition) is 4. The Morgan fingerprint density at radius 2 is 0.867 bits per heavy atom. The van der Waals surface area contributed by atoms with Crippen molar-refractivity contribution in [3.63, 3.8) is 0 Å². The average Bonchev–Trinajstić information content (AvgIpc) is 3.82. The first-order valence-corrected chi connectivity index (χ1v) is 18.9. The van der Waals surface area contributed by atoms with Gasteiger partial charge in [0, 0.05) is 27.3 Å². The lowest BCUT2D eigenvalue weighted by atomic mass is 9.97. The number of benzene rings is 7. The molecule has 0 aliphatic carbocycles. The second-order valence-electron chi connectivity index (χ2n) is 14.3. The van der Waals surface area contributed by atoms with Crippen LogP contribution in [0, 0.1) is 47.1 Å². The molecule has 10 rings (SSSR count). The number of fused-ring (bicyclic) bond motifs is 6. The van der Waals surface area contributed by atoms with Crippen molar-refractivity contribution < 1.29 is 0 Å². The van der Waals surface area contributed by atoms with E-state index >= 15 is 0 Å². The molecule has 0 radical (unpaired) electrons. The quantitative estimate of drug-likeness (QED) is 0.163. The smallest absolute Gasteiger partial charge is 0.197 e. The Balaban J connectivity index is 1.37. The van der Waals surface area contributed by atoms with Gasteiger partial charge in [0.15, 0.2) is 11.4 Å². The van der Waals surface area contributed by atoms with E-state index in [2.05, 4.69) is 37.0 Å². The lowest BCUT2D eigenvalue weighted by molar-refractivity contribution is 1.10. The molecule has 60 heavy (non-hydrogen) atoms. The summed E-state index contributed by atoms with van der Waals surface area (Å²) in [6.07, 6.45) is 0. The van der Waals surface area contributed by atoms with Crippen LogP contribution in [0.25, 0.3) is 98.3 Å². The molecule has 10 aromatic rings. The summed E-state index contributed by atoms with van der Waals surface area (Å²) in [7, 11) is 0. The van der Waals surface area contributed by atoms with E-state index in [-0.39, 0.29) is 0 Å². The molecular formula is C52H26N8. The van der Waals surface area contributed by atoms with Crippen molar-refractivity contribution in [2.75, 3.05) is 0 Å². The summed E-state index contributed by atoms with van der Waals surface area (Å²) in [5.74, 6) is 0. The summed E-state index contributed by atoms with van der Waals surface area (Å²) in [5, 5.41) is 33.1. The molecule has 8 nitrogen and oxygen atoms in total. The van der Waals surface area contributed by atoms with Crippen LogP contribution in [0.2, 0.25) is 0 Å². The molecule has 7 aromatic carbocycles. The number of aromatic nitrogens is 3. The van der Waals surface area contributed by atoms with Crippen LogP contribution in [-0.4, -0.2) is 14.1 Å². The molecule has 0 saturated heterocycles. The van der Waals surface area contributed by atoms with E-state index in [4.69, 9.17) is 18.1 Å². The Hall–Kier alpha value is -9.26. The largest absolute Gasteiger partial charge is 0.309 e. The molecule has 0 aliphatic rings. The van der Waals surface area contributed by atoms with Crippen molar-refractivity contribution in [3.8, 4) is 63.2 Å². The van der Waals surface area contributed by atoms with Crippen LogP contribution < -0.4 is 0 Å². The van der Waals surface area contributed by atoms with Gasteiger partial charge in [-0.05, 0) is 108 Å². The van der Waals surface area contributed by atoms with E-state index in [0.717, 1.165) is 77.4 Å². The van der Waals surface area contributed by atoms with Gasteiger partial charge in [-0.15, -0.1) is 0 Å². The van der Waals surface area contributed by atoms with Gasteiger partial charge in [-0.3, -0.25) is 0 Å². The number of nitriles is 3. The molecule has 3 heterocycles. The minimum atomic E-state index is 0.402. The molecule has 8 heteroatoms. The number of rotatable bonds is 5. The fraction of sp³-hybridized carbons (Fsp3) is 0. The lowest BCUT2D eigenvalue weighted by Gasteiger charge is -2.20. The first-order chi connectivity index (χ1) is 29.5. The van der Waals surface area contributed by atoms with E-state index in [1.54, 1.807) is 24.3 Å². The van der Waals surface area contributed by atoms with Crippen molar-refractivity contribution in [2.24, 2.45) is 0 Å². The zero-order valence-electron chi connectivity index (χ0n) is 31.6. The highest BCUT2D eigenvalue weighted by Gasteiger charge is 2.24. The molecule has 0 aliphatic heterocycles. The van der Waals surface area contributed by atoms with Gasteiger partial charge in [0.2, 0.25) is 0 Å². The third-order valence-corrected chi connectivity index (χ3v) is 11.0. The molecular weight excluding hydrogens is 737 g/mol. The molecule has 0 N–H and O–H groups in total. The molecule has 0 atom stereocenters. The number of nitrogens with zero attached hydrogens (tertiary/aromatic N) is 8. The van der Waals surface area contributed by atoms with Gasteiger partial charge in [0.05, 0.1) is 92.9 Å². The SMILES string of the molecule is [C-]#[N+]c1ccc2c(c1)c1cc(C#N)ccc1n2-c1cc([N+]#[C-])c(-c2cc(-c3ccccc3)nc(-c3ccccc3)c2)cc1-n1c2ccc(C#N)cc2c2cc(C#N)ccc21. The molecule has 0 spiro atoms. The second-order valence-corrected chi connectivity index (χ2v) is 14.3. The molecule has 0 fully saturated rings. The van der Waals surface area contributed by atoms with Gasteiger partial charge in [-0.1, -0.05) is 66.7 Å². The van der Waals surface area contributed by atoms with Crippen LogP contribution in [0.15, 0.2) is 158 Å². The van der Waals surface area contributed by atoms with Crippen LogP contribution in [0.3, 0.4) is 0 Å². The molecule has 0 unspecified atom stereocenters. The number of hydrogen-bond donors (Lipinski definition) is 0. The predicted molar refractivity (Wildman–Crippen MR) is 236 cm³/mol. The molecule has 0 saturated carbocycles. The van der Waals surface area contributed by atoms with Crippen molar-refractivity contribution in [1.29, 1.82) is 15.8 Å². The highest BCUT2D eigenvalue weighted by molar-refractivity contribution is 6.13. The molecule has 274 valence electrons. The minimum absolute atomic E-state index is 0.402. The maximum Gasteiger partial charge on any atom is 0.197 e. The number of pyridine rings is 1. The maximum absolute atomic E-state index is 9.98. The van der Waals surface area contributed by atoms with Crippen LogP contribution in [-0.2, 0) is 0 Å². The predicted octanol–water partition coefficient (Wildman–Crippen LogP) is 13.0. The average molecular weight is 763 g/mol. The fourth-order valence-electron chi connectivity index (χ4n) is 8.28. The third-order valence-electron chi connectivity index (χ3n) is 11.0. The molecule has 3 aromatic heterocycles. The molecule has 0 amide bonds. The first-order valence-electron chi connectivity index (χ1n) is 18.9. The van der Waals surface area contributed by atoms with Crippen molar-refractivity contribution in [1.82, 2.24) is 14.1 Å². The van der Waals surface area contributed by atoms with E-state index in [9.17, 15) is 15.8 Å². The van der Waals surface area contributed by atoms with Crippen molar-refractivity contribution in [2.45, 2.75) is 0 Å². The Morgan fingerprint density at radius 3 is 1.30 bits per heavy atom. The summed E-state index contributed by atoms with van der Waals surface area (Å²) < 4.78 is 4.22. The Morgan fingerprint density at radius 1 is 0.433 bits per heavy atom.